The monoisotopic (exact) mass is 240 g/mol. The molecule has 0 amide bonds. The van der Waals surface area contributed by atoms with Crippen molar-refractivity contribution in [3.8, 4) is 0 Å². The van der Waals surface area contributed by atoms with E-state index in [0.717, 1.165) is 37.9 Å². The Bertz CT molecular complexity index is 319. The summed E-state index contributed by atoms with van der Waals surface area (Å²) >= 11 is 5.76. The molecule has 0 spiro atoms. The summed E-state index contributed by atoms with van der Waals surface area (Å²) in [5, 5.41) is 0.585. The van der Waals surface area contributed by atoms with Gasteiger partial charge in [-0.05, 0) is 31.7 Å². The number of nitrogens with zero attached hydrogens (tertiary/aromatic N) is 3. The molecular weight excluding hydrogens is 224 g/mol. The third-order valence-electron chi connectivity index (χ3n) is 3.08. The maximum Gasteiger partial charge on any atom is 0.225 e. The summed E-state index contributed by atoms with van der Waals surface area (Å²) in [7, 11) is 0. The van der Waals surface area contributed by atoms with Crippen LogP contribution in [0.3, 0.4) is 0 Å². The van der Waals surface area contributed by atoms with Crippen LogP contribution in [0.25, 0.3) is 0 Å². The third kappa shape index (κ3) is 2.83. The van der Waals surface area contributed by atoms with Gasteiger partial charge in [-0.15, -0.1) is 0 Å². The lowest BCUT2D eigenvalue weighted by Gasteiger charge is -2.31. The zero-order valence-electron chi connectivity index (χ0n) is 9.27. The molecule has 5 heteroatoms. The highest BCUT2D eigenvalue weighted by atomic mass is 35.5. The molecule has 0 aromatic carbocycles. The van der Waals surface area contributed by atoms with E-state index in [9.17, 15) is 0 Å². The van der Waals surface area contributed by atoms with E-state index in [4.69, 9.17) is 17.3 Å². The first-order chi connectivity index (χ1) is 7.79. The van der Waals surface area contributed by atoms with Crippen LogP contribution >= 0.6 is 11.6 Å². The van der Waals surface area contributed by atoms with Gasteiger partial charge >= 0.3 is 0 Å². The average molecular weight is 241 g/mol. The van der Waals surface area contributed by atoms with E-state index in [0.29, 0.717) is 5.02 Å². The zero-order valence-corrected chi connectivity index (χ0v) is 10.0. The predicted octanol–water partition coefficient (Wildman–Crippen LogP) is 1.70. The van der Waals surface area contributed by atoms with Gasteiger partial charge in [-0.3, -0.25) is 0 Å². The van der Waals surface area contributed by atoms with E-state index in [-0.39, 0.29) is 0 Å². The van der Waals surface area contributed by atoms with Gasteiger partial charge in [0, 0.05) is 13.1 Å². The summed E-state index contributed by atoms with van der Waals surface area (Å²) in [6.07, 6.45) is 6.80. The molecule has 2 heterocycles. The highest BCUT2D eigenvalue weighted by Crippen LogP contribution is 2.22. The van der Waals surface area contributed by atoms with Crippen LogP contribution in [0, 0.1) is 5.92 Å². The topological polar surface area (TPSA) is 55.0 Å². The molecule has 0 saturated carbocycles. The Kier molecular flexibility index (Phi) is 3.96. The Morgan fingerprint density at radius 3 is 2.50 bits per heavy atom. The summed E-state index contributed by atoms with van der Waals surface area (Å²) in [5.74, 6) is 1.56. The first-order valence-corrected chi connectivity index (χ1v) is 6.10. The third-order valence-corrected chi connectivity index (χ3v) is 3.27. The largest absolute Gasteiger partial charge is 0.341 e. The SMILES string of the molecule is NCCC1CCN(c2ncc(Cl)cn2)CC1. The van der Waals surface area contributed by atoms with Gasteiger partial charge in [0.05, 0.1) is 17.4 Å². The van der Waals surface area contributed by atoms with Crippen molar-refractivity contribution in [3.05, 3.63) is 17.4 Å². The number of anilines is 1. The minimum Gasteiger partial charge on any atom is -0.341 e. The van der Waals surface area contributed by atoms with Crippen molar-refractivity contribution in [2.24, 2.45) is 11.7 Å². The smallest absolute Gasteiger partial charge is 0.225 e. The van der Waals surface area contributed by atoms with Gasteiger partial charge in [-0.2, -0.15) is 0 Å². The minimum absolute atomic E-state index is 0.585. The molecule has 0 atom stereocenters. The number of hydrogen-bond donors (Lipinski definition) is 1. The maximum atomic E-state index is 5.76. The summed E-state index contributed by atoms with van der Waals surface area (Å²) in [6, 6.07) is 0. The van der Waals surface area contributed by atoms with Crippen LogP contribution < -0.4 is 10.6 Å². The Hall–Kier alpha value is -0.870. The first kappa shape index (κ1) is 11.6. The summed E-state index contributed by atoms with van der Waals surface area (Å²) in [6.45, 7) is 2.83. The van der Waals surface area contributed by atoms with Gasteiger partial charge in [-0.25, -0.2) is 9.97 Å². The van der Waals surface area contributed by atoms with Crippen LogP contribution in [0.1, 0.15) is 19.3 Å². The lowest BCUT2D eigenvalue weighted by atomic mass is 9.94. The number of hydrogen-bond acceptors (Lipinski definition) is 4. The van der Waals surface area contributed by atoms with Crippen LogP contribution in [0.5, 0.6) is 0 Å². The van der Waals surface area contributed by atoms with Gasteiger partial charge in [0.1, 0.15) is 0 Å². The molecule has 16 heavy (non-hydrogen) atoms. The molecule has 1 aromatic heterocycles. The van der Waals surface area contributed by atoms with Crippen LogP contribution in [-0.4, -0.2) is 29.6 Å². The highest BCUT2D eigenvalue weighted by molar-refractivity contribution is 6.30. The van der Waals surface area contributed by atoms with Crippen molar-refractivity contribution in [2.75, 3.05) is 24.5 Å². The van der Waals surface area contributed by atoms with E-state index < -0.39 is 0 Å². The molecule has 1 aliphatic heterocycles. The number of rotatable bonds is 3. The summed E-state index contributed by atoms with van der Waals surface area (Å²) < 4.78 is 0. The van der Waals surface area contributed by atoms with Crippen LogP contribution in [0.2, 0.25) is 5.02 Å². The van der Waals surface area contributed by atoms with Crippen LogP contribution in [-0.2, 0) is 0 Å². The molecule has 0 unspecified atom stereocenters. The minimum atomic E-state index is 0.585. The molecule has 1 fully saturated rings. The molecule has 1 saturated heterocycles. The van der Waals surface area contributed by atoms with Gasteiger partial charge in [-0.1, -0.05) is 11.6 Å². The Labute approximate surface area is 101 Å². The molecule has 2 rings (SSSR count). The standard InChI is InChI=1S/C11H17ClN4/c12-10-7-14-11(15-8-10)16-5-2-9(1-4-13)3-6-16/h7-9H,1-6,13H2. The quantitative estimate of drug-likeness (QED) is 0.874. The molecular formula is C11H17ClN4. The van der Waals surface area contributed by atoms with Gasteiger partial charge < -0.3 is 10.6 Å². The molecule has 0 radical (unpaired) electrons. The molecule has 1 aliphatic rings. The number of aromatic nitrogens is 2. The normalized spacial score (nSPS) is 17.8. The molecule has 0 bridgehead atoms. The predicted molar refractivity (Wildman–Crippen MR) is 65.7 cm³/mol. The second-order valence-corrected chi connectivity index (χ2v) is 4.65. The summed E-state index contributed by atoms with van der Waals surface area (Å²) in [5.41, 5.74) is 5.57. The Balaban J connectivity index is 1.91. The zero-order chi connectivity index (χ0) is 11.4. The van der Waals surface area contributed by atoms with Crippen molar-refractivity contribution in [1.29, 1.82) is 0 Å². The number of nitrogens with two attached hydrogens (primary N) is 1. The van der Waals surface area contributed by atoms with Crippen LogP contribution in [0.4, 0.5) is 5.95 Å². The van der Waals surface area contributed by atoms with E-state index in [1.54, 1.807) is 12.4 Å². The van der Waals surface area contributed by atoms with Gasteiger partial charge in [0.15, 0.2) is 0 Å². The van der Waals surface area contributed by atoms with Crippen molar-refractivity contribution >= 4 is 17.5 Å². The second-order valence-electron chi connectivity index (χ2n) is 4.21. The van der Waals surface area contributed by atoms with Gasteiger partial charge in [0.25, 0.3) is 0 Å². The Morgan fingerprint density at radius 1 is 1.31 bits per heavy atom. The van der Waals surface area contributed by atoms with E-state index in [2.05, 4.69) is 14.9 Å². The van der Waals surface area contributed by atoms with E-state index >= 15 is 0 Å². The maximum absolute atomic E-state index is 5.76. The molecule has 0 aliphatic carbocycles. The van der Waals surface area contributed by atoms with Crippen molar-refractivity contribution in [2.45, 2.75) is 19.3 Å². The van der Waals surface area contributed by atoms with Crippen molar-refractivity contribution in [1.82, 2.24) is 9.97 Å². The molecule has 1 aromatic rings. The highest BCUT2D eigenvalue weighted by Gasteiger charge is 2.19. The van der Waals surface area contributed by atoms with Gasteiger partial charge in [0.2, 0.25) is 5.95 Å². The van der Waals surface area contributed by atoms with E-state index in [1.165, 1.54) is 12.8 Å². The fraction of sp³-hybridized carbons (Fsp3) is 0.636. The molecule has 4 nitrogen and oxygen atoms in total. The number of halogens is 1. The van der Waals surface area contributed by atoms with Crippen molar-refractivity contribution < 1.29 is 0 Å². The molecule has 88 valence electrons. The summed E-state index contributed by atoms with van der Waals surface area (Å²) in [4.78, 5) is 10.7. The lowest BCUT2D eigenvalue weighted by Crippen LogP contribution is -2.35. The van der Waals surface area contributed by atoms with Crippen LogP contribution in [0.15, 0.2) is 12.4 Å². The fourth-order valence-corrected chi connectivity index (χ4v) is 2.22. The average Bonchev–Trinajstić information content (AvgIpc) is 2.32. The van der Waals surface area contributed by atoms with E-state index in [1.807, 2.05) is 0 Å². The van der Waals surface area contributed by atoms with Crippen molar-refractivity contribution in [3.63, 3.8) is 0 Å². The Morgan fingerprint density at radius 2 is 1.94 bits per heavy atom. The second kappa shape index (κ2) is 5.46. The lowest BCUT2D eigenvalue weighted by molar-refractivity contribution is 0.383. The first-order valence-electron chi connectivity index (χ1n) is 5.72. The fourth-order valence-electron chi connectivity index (χ4n) is 2.13. The number of piperidine rings is 1. The molecule has 2 N–H and O–H groups in total.